The van der Waals surface area contributed by atoms with Gasteiger partial charge in [-0.15, -0.1) is 0 Å². The highest BCUT2D eigenvalue weighted by Crippen LogP contribution is 2.33. The first kappa shape index (κ1) is 26.0. The molecule has 37 heavy (non-hydrogen) atoms. The van der Waals surface area contributed by atoms with Crippen LogP contribution in [0.15, 0.2) is 54.6 Å². The summed E-state index contributed by atoms with van der Waals surface area (Å²) in [6, 6.07) is 15.1. The summed E-state index contributed by atoms with van der Waals surface area (Å²) < 4.78 is 26.6. The van der Waals surface area contributed by atoms with E-state index in [9.17, 15) is 19.1 Å². The molecule has 4 rings (SSSR count). The number of hydrogen-bond donors (Lipinski definition) is 2. The highest BCUT2D eigenvalue weighted by molar-refractivity contribution is 6.05. The molecular formula is C29H31FN2O5. The summed E-state index contributed by atoms with van der Waals surface area (Å²) in [5, 5.41) is 12.1. The molecule has 194 valence electrons. The normalized spacial score (nSPS) is 15.0. The van der Waals surface area contributed by atoms with Crippen LogP contribution >= 0.6 is 0 Å². The number of halogens is 1. The van der Waals surface area contributed by atoms with E-state index < -0.39 is 23.1 Å². The number of carbonyl (C=O) groups excluding carboxylic acids is 1. The standard InChI is InChI=1S/C29H31FN2O5/c1-17-18(2)25(36-16-20-15-32(5)24-8-6-7-9-26(24)37-20)13-11-21(17)27(33)31-23-14-19(10-12-22(23)30)29(3,4)28(34)35/h6-14,20H,15-16H2,1-5H3,(H,31,33)(H,34,35)/t20-/m0/s1. The van der Waals surface area contributed by atoms with Gasteiger partial charge >= 0.3 is 5.97 Å². The maximum atomic E-state index is 14.5. The molecule has 2 N–H and O–H groups in total. The fraction of sp³-hybridized carbons (Fsp3) is 0.310. The zero-order valence-corrected chi connectivity index (χ0v) is 21.6. The monoisotopic (exact) mass is 506 g/mol. The molecule has 0 aliphatic carbocycles. The summed E-state index contributed by atoms with van der Waals surface area (Å²) in [6.07, 6.45) is -0.159. The minimum absolute atomic E-state index is 0.0759. The van der Waals surface area contributed by atoms with Gasteiger partial charge in [0.25, 0.3) is 5.91 Å². The summed E-state index contributed by atoms with van der Waals surface area (Å²) >= 11 is 0. The molecule has 0 radical (unpaired) electrons. The third-order valence-corrected chi connectivity index (χ3v) is 6.93. The van der Waals surface area contributed by atoms with E-state index in [-0.39, 0.29) is 11.8 Å². The second-order valence-electron chi connectivity index (χ2n) is 9.84. The van der Waals surface area contributed by atoms with Crippen molar-refractivity contribution >= 4 is 23.3 Å². The van der Waals surface area contributed by atoms with Crippen LogP contribution in [-0.2, 0) is 10.2 Å². The Morgan fingerprint density at radius 3 is 2.59 bits per heavy atom. The fourth-order valence-corrected chi connectivity index (χ4v) is 4.28. The number of para-hydroxylation sites is 2. The average molecular weight is 507 g/mol. The Kier molecular flexibility index (Phi) is 7.12. The molecule has 0 fully saturated rings. The fourth-order valence-electron chi connectivity index (χ4n) is 4.28. The number of carboxylic acids is 1. The summed E-state index contributed by atoms with van der Waals surface area (Å²) in [5.41, 5.74) is 1.96. The predicted octanol–water partition coefficient (Wildman–Crippen LogP) is 5.33. The van der Waals surface area contributed by atoms with Crippen molar-refractivity contribution in [1.29, 1.82) is 0 Å². The number of rotatable bonds is 7. The number of anilines is 2. The SMILES string of the molecule is Cc1c(OC[C@@H]2CN(C)c3ccccc3O2)ccc(C(=O)Nc2cc(C(C)(C)C(=O)O)ccc2F)c1C. The van der Waals surface area contributed by atoms with Crippen molar-refractivity contribution in [3.05, 3.63) is 82.7 Å². The first-order valence-corrected chi connectivity index (χ1v) is 12.0. The van der Waals surface area contributed by atoms with Crippen LogP contribution in [0.5, 0.6) is 11.5 Å². The van der Waals surface area contributed by atoms with Crippen LogP contribution in [0.4, 0.5) is 15.8 Å². The number of aliphatic carboxylic acids is 1. The quantitative estimate of drug-likeness (QED) is 0.450. The van der Waals surface area contributed by atoms with E-state index in [1.807, 2.05) is 38.2 Å². The van der Waals surface area contributed by atoms with Gasteiger partial charge in [0.15, 0.2) is 0 Å². The van der Waals surface area contributed by atoms with Crippen LogP contribution < -0.4 is 19.7 Å². The minimum atomic E-state index is -1.24. The van der Waals surface area contributed by atoms with Crippen molar-refractivity contribution in [1.82, 2.24) is 0 Å². The molecule has 3 aromatic rings. The van der Waals surface area contributed by atoms with E-state index in [1.165, 1.54) is 26.0 Å². The molecule has 0 spiro atoms. The topological polar surface area (TPSA) is 88.1 Å². The molecule has 0 bridgehead atoms. The lowest BCUT2D eigenvalue weighted by Crippen LogP contribution is -2.41. The summed E-state index contributed by atoms with van der Waals surface area (Å²) in [4.78, 5) is 26.8. The maximum Gasteiger partial charge on any atom is 0.313 e. The molecule has 0 unspecified atom stereocenters. The van der Waals surface area contributed by atoms with E-state index in [1.54, 1.807) is 19.1 Å². The second-order valence-corrected chi connectivity index (χ2v) is 9.84. The average Bonchev–Trinajstić information content (AvgIpc) is 2.86. The van der Waals surface area contributed by atoms with Crippen molar-refractivity contribution in [2.24, 2.45) is 0 Å². The molecule has 0 aromatic heterocycles. The van der Waals surface area contributed by atoms with Gasteiger partial charge in [-0.05, 0) is 80.8 Å². The molecule has 1 heterocycles. The second kappa shape index (κ2) is 10.1. The zero-order chi connectivity index (χ0) is 26.9. The summed E-state index contributed by atoms with van der Waals surface area (Å²) in [7, 11) is 2.01. The Labute approximate surface area is 215 Å². The van der Waals surface area contributed by atoms with Gasteiger partial charge < -0.3 is 24.8 Å². The highest BCUT2D eigenvalue weighted by Gasteiger charge is 2.30. The lowest BCUT2D eigenvalue weighted by Gasteiger charge is -2.33. The van der Waals surface area contributed by atoms with Crippen LogP contribution in [0, 0.1) is 19.7 Å². The van der Waals surface area contributed by atoms with Crippen LogP contribution in [0.3, 0.4) is 0 Å². The first-order valence-electron chi connectivity index (χ1n) is 12.0. The zero-order valence-electron chi connectivity index (χ0n) is 21.6. The molecule has 1 aliphatic rings. The predicted molar refractivity (Wildman–Crippen MR) is 141 cm³/mol. The Bertz CT molecular complexity index is 1350. The number of benzene rings is 3. The summed E-state index contributed by atoms with van der Waals surface area (Å²) in [5.74, 6) is -0.742. The number of nitrogens with one attached hydrogen (secondary N) is 1. The Balaban J connectivity index is 1.47. The number of nitrogens with zero attached hydrogens (tertiary/aromatic N) is 1. The Hall–Kier alpha value is -4.07. The van der Waals surface area contributed by atoms with Gasteiger partial charge in [0, 0.05) is 12.6 Å². The van der Waals surface area contributed by atoms with Crippen LogP contribution in [0.25, 0.3) is 0 Å². The molecule has 8 heteroatoms. The summed E-state index contributed by atoms with van der Waals surface area (Å²) in [6.45, 7) is 7.73. The van der Waals surface area contributed by atoms with Gasteiger partial charge in [-0.25, -0.2) is 4.39 Å². The van der Waals surface area contributed by atoms with Crippen molar-refractivity contribution in [2.75, 3.05) is 30.4 Å². The van der Waals surface area contributed by atoms with Crippen molar-refractivity contribution in [2.45, 2.75) is 39.2 Å². The lowest BCUT2D eigenvalue weighted by molar-refractivity contribution is -0.142. The maximum absolute atomic E-state index is 14.5. The molecule has 0 saturated heterocycles. The van der Waals surface area contributed by atoms with Gasteiger partial charge in [-0.2, -0.15) is 0 Å². The highest BCUT2D eigenvalue weighted by atomic mass is 19.1. The number of hydrogen-bond acceptors (Lipinski definition) is 5. The van der Waals surface area contributed by atoms with E-state index in [0.717, 1.165) is 23.1 Å². The number of fused-ring (bicyclic) bond motifs is 1. The van der Waals surface area contributed by atoms with E-state index in [0.29, 0.717) is 35.6 Å². The lowest BCUT2D eigenvalue weighted by atomic mass is 9.84. The Morgan fingerprint density at radius 1 is 1.14 bits per heavy atom. The van der Waals surface area contributed by atoms with Crippen molar-refractivity contribution in [3.8, 4) is 11.5 Å². The van der Waals surface area contributed by atoms with E-state index in [4.69, 9.17) is 9.47 Å². The molecule has 7 nitrogen and oxygen atoms in total. The third kappa shape index (κ3) is 5.23. The largest absolute Gasteiger partial charge is 0.489 e. The number of carbonyl (C=O) groups is 2. The van der Waals surface area contributed by atoms with Crippen molar-refractivity contribution < 1.29 is 28.6 Å². The number of likely N-dealkylation sites (N-methyl/N-ethyl adjacent to an activating group) is 1. The van der Waals surface area contributed by atoms with Gasteiger partial charge in [0.1, 0.15) is 30.0 Å². The Morgan fingerprint density at radius 2 is 1.86 bits per heavy atom. The molecule has 3 aromatic carbocycles. The molecule has 1 amide bonds. The minimum Gasteiger partial charge on any atom is -0.489 e. The van der Waals surface area contributed by atoms with Crippen LogP contribution in [-0.4, -0.2) is 43.3 Å². The molecule has 1 atom stereocenters. The smallest absolute Gasteiger partial charge is 0.313 e. The van der Waals surface area contributed by atoms with Crippen LogP contribution in [0.2, 0.25) is 0 Å². The van der Waals surface area contributed by atoms with E-state index in [2.05, 4.69) is 10.2 Å². The van der Waals surface area contributed by atoms with Gasteiger partial charge in [0.2, 0.25) is 0 Å². The van der Waals surface area contributed by atoms with Gasteiger partial charge in [-0.1, -0.05) is 18.2 Å². The molecule has 1 aliphatic heterocycles. The van der Waals surface area contributed by atoms with Gasteiger partial charge in [0.05, 0.1) is 23.3 Å². The number of amides is 1. The third-order valence-electron chi connectivity index (χ3n) is 6.93. The van der Waals surface area contributed by atoms with E-state index >= 15 is 0 Å². The molecule has 0 saturated carbocycles. The first-order chi connectivity index (χ1) is 17.5. The number of ether oxygens (including phenoxy) is 2. The van der Waals surface area contributed by atoms with Crippen molar-refractivity contribution in [3.63, 3.8) is 0 Å². The number of carboxylic acid groups (broad SMARTS) is 1. The van der Waals surface area contributed by atoms with Gasteiger partial charge in [-0.3, -0.25) is 9.59 Å². The molecular weight excluding hydrogens is 475 g/mol. The van der Waals surface area contributed by atoms with Crippen LogP contribution in [0.1, 0.15) is 40.9 Å².